The van der Waals surface area contributed by atoms with Gasteiger partial charge in [-0.2, -0.15) is 0 Å². The predicted octanol–water partition coefficient (Wildman–Crippen LogP) is 1.48. The van der Waals surface area contributed by atoms with E-state index >= 15 is 0 Å². The number of hydrogen-bond acceptors (Lipinski definition) is 3. The summed E-state index contributed by atoms with van der Waals surface area (Å²) in [4.78, 5) is 16.5. The number of likely N-dealkylation sites (N-methyl/N-ethyl adjacent to an activating group) is 1. The summed E-state index contributed by atoms with van der Waals surface area (Å²) in [6, 6.07) is 0.495. The lowest BCUT2D eigenvalue weighted by atomic mass is 9.78. The number of fused-ring (bicyclic) bond motifs is 1. The molecule has 2 rings (SSSR count). The fraction of sp³-hybridized carbons (Fsp3) is 0.933. The molecular weight excluding hydrogens is 240 g/mol. The van der Waals surface area contributed by atoms with Crippen LogP contribution in [-0.2, 0) is 4.79 Å². The maximum Gasteiger partial charge on any atom is 0.236 e. The van der Waals surface area contributed by atoms with Gasteiger partial charge in [0.15, 0.2) is 0 Å². The van der Waals surface area contributed by atoms with Crippen molar-refractivity contribution in [1.29, 1.82) is 0 Å². The van der Waals surface area contributed by atoms with Gasteiger partial charge in [-0.05, 0) is 45.6 Å². The molecule has 0 spiro atoms. The van der Waals surface area contributed by atoms with Gasteiger partial charge in [-0.1, -0.05) is 12.8 Å². The molecule has 1 saturated carbocycles. The number of carbonyl (C=O) groups is 1. The first kappa shape index (κ1) is 14.8. The van der Waals surface area contributed by atoms with E-state index in [0.717, 1.165) is 18.9 Å². The van der Waals surface area contributed by atoms with Crippen LogP contribution in [0, 0.1) is 5.92 Å². The zero-order valence-corrected chi connectivity index (χ0v) is 12.3. The summed E-state index contributed by atoms with van der Waals surface area (Å²) in [6.07, 6.45) is 7.19. The average molecular weight is 268 g/mol. The van der Waals surface area contributed by atoms with E-state index in [-0.39, 0.29) is 12.0 Å². The quantitative estimate of drug-likeness (QED) is 0.840. The van der Waals surface area contributed by atoms with Gasteiger partial charge in [-0.25, -0.2) is 0 Å². The Balaban J connectivity index is 1.90. The fourth-order valence-corrected chi connectivity index (χ4v) is 3.77. The molecule has 1 heterocycles. The highest BCUT2D eigenvalue weighted by atomic mass is 16.3. The predicted molar refractivity (Wildman–Crippen MR) is 75.9 cm³/mol. The second kappa shape index (κ2) is 6.71. The molecule has 3 unspecified atom stereocenters. The molecule has 1 amide bonds. The van der Waals surface area contributed by atoms with Gasteiger partial charge < -0.3 is 10.0 Å². The second-order valence-electron chi connectivity index (χ2n) is 6.39. The van der Waals surface area contributed by atoms with Crippen LogP contribution in [0.5, 0.6) is 0 Å². The summed E-state index contributed by atoms with van der Waals surface area (Å²) in [5.41, 5.74) is 0. The van der Waals surface area contributed by atoms with Gasteiger partial charge in [0, 0.05) is 19.1 Å². The molecule has 2 aliphatic rings. The first-order valence-electron chi connectivity index (χ1n) is 7.74. The number of hydrogen-bond donors (Lipinski definition) is 1. The summed E-state index contributed by atoms with van der Waals surface area (Å²) in [7, 11) is 1.91. The standard InChI is InChI=1S/C15H28N2O2/c1-12(18)10-16(2)11-15(19)17-9-5-7-13-6-3-4-8-14(13)17/h12-14,18H,3-11H2,1-2H3. The summed E-state index contributed by atoms with van der Waals surface area (Å²) in [5.74, 6) is 0.994. The van der Waals surface area contributed by atoms with Gasteiger partial charge in [0.2, 0.25) is 5.91 Å². The van der Waals surface area contributed by atoms with Gasteiger partial charge in [0.05, 0.1) is 12.6 Å². The van der Waals surface area contributed by atoms with E-state index in [2.05, 4.69) is 4.90 Å². The minimum atomic E-state index is -0.374. The molecule has 0 aromatic heterocycles. The molecule has 19 heavy (non-hydrogen) atoms. The van der Waals surface area contributed by atoms with Crippen LogP contribution < -0.4 is 0 Å². The molecule has 1 N–H and O–H groups in total. The maximum atomic E-state index is 12.4. The Hall–Kier alpha value is -0.610. The summed E-state index contributed by atoms with van der Waals surface area (Å²) in [6.45, 7) is 3.70. The Morgan fingerprint density at radius 3 is 2.74 bits per heavy atom. The first-order chi connectivity index (χ1) is 9.08. The number of piperidine rings is 1. The van der Waals surface area contributed by atoms with E-state index in [0.29, 0.717) is 19.1 Å². The van der Waals surface area contributed by atoms with Crippen LogP contribution in [-0.4, -0.2) is 59.6 Å². The van der Waals surface area contributed by atoms with E-state index in [1.165, 1.54) is 32.1 Å². The fourth-order valence-electron chi connectivity index (χ4n) is 3.77. The molecule has 2 fully saturated rings. The minimum absolute atomic E-state index is 0.250. The molecule has 4 nitrogen and oxygen atoms in total. The van der Waals surface area contributed by atoms with Gasteiger partial charge in [-0.15, -0.1) is 0 Å². The van der Waals surface area contributed by atoms with Crippen molar-refractivity contribution in [2.45, 2.75) is 57.6 Å². The number of aliphatic hydroxyl groups excluding tert-OH is 1. The van der Waals surface area contributed by atoms with Crippen LogP contribution in [0.3, 0.4) is 0 Å². The Morgan fingerprint density at radius 2 is 2.00 bits per heavy atom. The molecule has 3 atom stereocenters. The highest BCUT2D eigenvalue weighted by Crippen LogP contribution is 2.35. The van der Waals surface area contributed by atoms with E-state index < -0.39 is 0 Å². The van der Waals surface area contributed by atoms with Crippen molar-refractivity contribution in [1.82, 2.24) is 9.80 Å². The van der Waals surface area contributed by atoms with Crippen LogP contribution in [0.4, 0.5) is 0 Å². The maximum absolute atomic E-state index is 12.4. The van der Waals surface area contributed by atoms with Crippen molar-refractivity contribution in [2.75, 3.05) is 26.7 Å². The zero-order valence-electron chi connectivity index (χ0n) is 12.3. The Kier molecular flexibility index (Phi) is 5.22. The van der Waals surface area contributed by atoms with Crippen molar-refractivity contribution >= 4 is 5.91 Å². The van der Waals surface area contributed by atoms with Crippen molar-refractivity contribution in [3.05, 3.63) is 0 Å². The molecular formula is C15H28N2O2. The summed E-state index contributed by atoms with van der Waals surface area (Å²) >= 11 is 0. The molecule has 0 radical (unpaired) electrons. The van der Waals surface area contributed by atoms with E-state index in [4.69, 9.17) is 0 Å². The van der Waals surface area contributed by atoms with E-state index in [9.17, 15) is 9.90 Å². The lowest BCUT2D eigenvalue weighted by molar-refractivity contribution is -0.138. The SMILES string of the molecule is CC(O)CN(C)CC(=O)N1CCCC2CCCCC21. The van der Waals surface area contributed by atoms with Gasteiger partial charge >= 0.3 is 0 Å². The van der Waals surface area contributed by atoms with Crippen molar-refractivity contribution < 1.29 is 9.90 Å². The minimum Gasteiger partial charge on any atom is -0.392 e. The van der Waals surface area contributed by atoms with Gasteiger partial charge in [-0.3, -0.25) is 9.69 Å². The molecule has 110 valence electrons. The van der Waals surface area contributed by atoms with Gasteiger partial charge in [0.25, 0.3) is 0 Å². The normalized spacial score (nSPS) is 29.2. The van der Waals surface area contributed by atoms with Crippen LogP contribution in [0.25, 0.3) is 0 Å². The van der Waals surface area contributed by atoms with Crippen LogP contribution in [0.15, 0.2) is 0 Å². The number of amides is 1. The van der Waals surface area contributed by atoms with E-state index in [1.54, 1.807) is 6.92 Å². The Morgan fingerprint density at radius 1 is 1.32 bits per heavy atom. The highest BCUT2D eigenvalue weighted by molar-refractivity contribution is 5.78. The van der Waals surface area contributed by atoms with Crippen LogP contribution in [0.1, 0.15) is 45.4 Å². The van der Waals surface area contributed by atoms with Crippen molar-refractivity contribution in [2.24, 2.45) is 5.92 Å². The van der Waals surface area contributed by atoms with Crippen LogP contribution in [0.2, 0.25) is 0 Å². The number of carbonyl (C=O) groups excluding carboxylic acids is 1. The van der Waals surface area contributed by atoms with Gasteiger partial charge in [0.1, 0.15) is 0 Å². The third kappa shape index (κ3) is 3.93. The molecule has 0 bridgehead atoms. The van der Waals surface area contributed by atoms with E-state index in [1.807, 2.05) is 11.9 Å². The third-order valence-electron chi connectivity index (χ3n) is 4.54. The lowest BCUT2D eigenvalue weighted by Gasteiger charge is -2.44. The Labute approximate surface area is 116 Å². The smallest absolute Gasteiger partial charge is 0.236 e. The largest absolute Gasteiger partial charge is 0.392 e. The molecule has 4 heteroatoms. The lowest BCUT2D eigenvalue weighted by Crippen LogP contribution is -2.52. The number of rotatable bonds is 4. The summed E-state index contributed by atoms with van der Waals surface area (Å²) < 4.78 is 0. The first-order valence-corrected chi connectivity index (χ1v) is 7.74. The zero-order chi connectivity index (χ0) is 13.8. The van der Waals surface area contributed by atoms with Crippen molar-refractivity contribution in [3.8, 4) is 0 Å². The van der Waals surface area contributed by atoms with Crippen molar-refractivity contribution in [3.63, 3.8) is 0 Å². The molecule has 0 aromatic rings. The third-order valence-corrected chi connectivity index (χ3v) is 4.54. The van der Waals surface area contributed by atoms with Crippen LogP contribution >= 0.6 is 0 Å². The molecule has 1 saturated heterocycles. The topological polar surface area (TPSA) is 43.8 Å². The molecule has 0 aromatic carbocycles. The Bertz CT molecular complexity index is 305. The number of aliphatic hydroxyl groups is 1. The highest BCUT2D eigenvalue weighted by Gasteiger charge is 2.35. The summed E-state index contributed by atoms with van der Waals surface area (Å²) in [5, 5.41) is 9.37. The molecule has 1 aliphatic heterocycles. The number of likely N-dealkylation sites (tertiary alicyclic amines) is 1. The monoisotopic (exact) mass is 268 g/mol. The second-order valence-corrected chi connectivity index (χ2v) is 6.39. The number of nitrogens with zero attached hydrogens (tertiary/aromatic N) is 2. The molecule has 1 aliphatic carbocycles. The average Bonchev–Trinajstić information content (AvgIpc) is 2.36.